The molecule has 3 fully saturated rings. The zero-order chi connectivity index (χ0) is 9.10. The van der Waals surface area contributed by atoms with Gasteiger partial charge in [-0.2, -0.15) is 0 Å². The summed E-state index contributed by atoms with van der Waals surface area (Å²) in [5, 5.41) is 0. The quantitative estimate of drug-likeness (QED) is 0.690. The van der Waals surface area contributed by atoms with Crippen molar-refractivity contribution in [1.29, 1.82) is 0 Å². The molecule has 0 atom stereocenters. The van der Waals surface area contributed by atoms with Crippen molar-refractivity contribution >= 4 is 5.91 Å². The molecule has 0 aromatic heterocycles. The van der Waals surface area contributed by atoms with Gasteiger partial charge in [0.1, 0.15) is 0 Å². The summed E-state index contributed by atoms with van der Waals surface area (Å²) >= 11 is 0. The van der Waals surface area contributed by atoms with E-state index in [-0.39, 0.29) is 5.91 Å². The number of primary amides is 1. The SMILES string of the molecule is NC(=O)CC1C2(CC2)CCC12CC2. The summed E-state index contributed by atoms with van der Waals surface area (Å²) in [4.78, 5) is 11.0. The molecule has 1 amide bonds. The predicted octanol–water partition coefficient (Wildman–Crippen LogP) is 1.83. The normalized spacial score (nSPS) is 32.6. The number of nitrogens with two attached hydrogens (primary N) is 1. The molecule has 0 radical (unpaired) electrons. The smallest absolute Gasteiger partial charge is 0.217 e. The van der Waals surface area contributed by atoms with Crippen molar-refractivity contribution in [3.63, 3.8) is 0 Å². The highest BCUT2D eigenvalue weighted by molar-refractivity contribution is 5.74. The van der Waals surface area contributed by atoms with E-state index in [2.05, 4.69) is 0 Å². The van der Waals surface area contributed by atoms with E-state index < -0.39 is 0 Å². The first kappa shape index (κ1) is 7.84. The second kappa shape index (κ2) is 2.10. The summed E-state index contributed by atoms with van der Waals surface area (Å²) in [5.74, 6) is 0.585. The van der Waals surface area contributed by atoms with Crippen molar-refractivity contribution in [3.8, 4) is 0 Å². The topological polar surface area (TPSA) is 43.1 Å². The van der Waals surface area contributed by atoms with E-state index in [1.807, 2.05) is 0 Å². The average Bonchev–Trinajstić information content (AvgIpc) is 2.94. The monoisotopic (exact) mass is 179 g/mol. The van der Waals surface area contributed by atoms with Gasteiger partial charge in [-0.15, -0.1) is 0 Å². The van der Waals surface area contributed by atoms with Crippen LogP contribution < -0.4 is 5.73 Å². The van der Waals surface area contributed by atoms with E-state index in [1.165, 1.54) is 38.5 Å². The molecule has 0 unspecified atom stereocenters. The highest BCUT2D eigenvalue weighted by Crippen LogP contribution is 2.75. The van der Waals surface area contributed by atoms with Gasteiger partial charge in [-0.3, -0.25) is 4.79 Å². The minimum Gasteiger partial charge on any atom is -0.370 e. The van der Waals surface area contributed by atoms with Crippen LogP contribution in [0.15, 0.2) is 0 Å². The van der Waals surface area contributed by atoms with Gasteiger partial charge < -0.3 is 5.73 Å². The Morgan fingerprint density at radius 2 is 1.46 bits per heavy atom. The standard InChI is InChI=1S/C11H17NO/c12-9(13)7-8-10(1-2-10)5-6-11(8)3-4-11/h8H,1-7H2,(H2,12,13). The molecule has 0 aromatic carbocycles. The average molecular weight is 179 g/mol. The molecule has 13 heavy (non-hydrogen) atoms. The van der Waals surface area contributed by atoms with Crippen molar-refractivity contribution in [1.82, 2.24) is 0 Å². The first-order chi connectivity index (χ1) is 6.17. The van der Waals surface area contributed by atoms with Gasteiger partial charge in [0.05, 0.1) is 0 Å². The Kier molecular flexibility index (Phi) is 1.27. The molecular formula is C11H17NO. The van der Waals surface area contributed by atoms with Crippen molar-refractivity contribution < 1.29 is 4.79 Å². The summed E-state index contributed by atoms with van der Waals surface area (Å²) in [7, 11) is 0. The Morgan fingerprint density at radius 1 is 1.08 bits per heavy atom. The summed E-state index contributed by atoms with van der Waals surface area (Å²) in [5.41, 5.74) is 6.51. The second-order valence-corrected chi connectivity index (χ2v) is 5.45. The Hall–Kier alpha value is -0.530. The first-order valence-electron chi connectivity index (χ1n) is 5.45. The second-order valence-electron chi connectivity index (χ2n) is 5.45. The van der Waals surface area contributed by atoms with Gasteiger partial charge in [0.25, 0.3) is 0 Å². The highest BCUT2D eigenvalue weighted by atomic mass is 16.1. The van der Waals surface area contributed by atoms with Gasteiger partial charge in [-0.05, 0) is 55.3 Å². The summed E-state index contributed by atoms with van der Waals surface area (Å²) < 4.78 is 0. The van der Waals surface area contributed by atoms with E-state index in [0.717, 1.165) is 0 Å². The maximum atomic E-state index is 11.0. The van der Waals surface area contributed by atoms with Gasteiger partial charge in [-0.25, -0.2) is 0 Å². The molecule has 0 aliphatic heterocycles. The van der Waals surface area contributed by atoms with Crippen molar-refractivity contribution in [2.75, 3.05) is 0 Å². The minimum atomic E-state index is -0.0792. The lowest BCUT2D eigenvalue weighted by Crippen LogP contribution is -2.24. The number of carbonyl (C=O) groups excluding carboxylic acids is 1. The van der Waals surface area contributed by atoms with E-state index >= 15 is 0 Å². The van der Waals surface area contributed by atoms with Crippen LogP contribution in [-0.4, -0.2) is 5.91 Å². The van der Waals surface area contributed by atoms with Crippen LogP contribution in [0, 0.1) is 16.7 Å². The number of amides is 1. The zero-order valence-corrected chi connectivity index (χ0v) is 8.01. The van der Waals surface area contributed by atoms with Crippen molar-refractivity contribution in [3.05, 3.63) is 0 Å². The number of hydrogen-bond acceptors (Lipinski definition) is 1. The zero-order valence-electron chi connectivity index (χ0n) is 8.01. The van der Waals surface area contributed by atoms with E-state index in [4.69, 9.17) is 5.73 Å². The Morgan fingerprint density at radius 3 is 1.77 bits per heavy atom. The van der Waals surface area contributed by atoms with E-state index in [0.29, 0.717) is 23.2 Å². The van der Waals surface area contributed by atoms with Crippen LogP contribution in [0.5, 0.6) is 0 Å². The molecule has 3 aliphatic rings. The molecule has 2 spiro atoms. The third-order valence-corrected chi connectivity index (χ3v) is 4.79. The molecular weight excluding hydrogens is 162 g/mol. The van der Waals surface area contributed by atoms with E-state index in [9.17, 15) is 4.79 Å². The van der Waals surface area contributed by atoms with Crippen LogP contribution in [0.2, 0.25) is 0 Å². The molecule has 3 saturated carbocycles. The van der Waals surface area contributed by atoms with Crippen molar-refractivity contribution in [2.45, 2.75) is 44.9 Å². The summed E-state index contributed by atoms with van der Waals surface area (Å²) in [6.07, 6.45) is 8.90. The van der Waals surface area contributed by atoms with Crippen LogP contribution in [0.4, 0.5) is 0 Å². The third kappa shape index (κ3) is 0.976. The summed E-state index contributed by atoms with van der Waals surface area (Å²) in [6, 6.07) is 0. The Labute approximate surface area is 78.9 Å². The summed E-state index contributed by atoms with van der Waals surface area (Å²) in [6.45, 7) is 0. The molecule has 0 aromatic rings. The maximum absolute atomic E-state index is 11.0. The van der Waals surface area contributed by atoms with Crippen molar-refractivity contribution in [2.24, 2.45) is 22.5 Å². The van der Waals surface area contributed by atoms with Gasteiger partial charge >= 0.3 is 0 Å². The molecule has 0 bridgehead atoms. The fourth-order valence-corrected chi connectivity index (χ4v) is 3.65. The fourth-order valence-electron chi connectivity index (χ4n) is 3.65. The van der Waals surface area contributed by atoms with Crippen LogP contribution in [0.3, 0.4) is 0 Å². The largest absolute Gasteiger partial charge is 0.370 e. The molecule has 2 N–H and O–H groups in total. The predicted molar refractivity (Wildman–Crippen MR) is 49.9 cm³/mol. The first-order valence-corrected chi connectivity index (χ1v) is 5.45. The Bertz CT molecular complexity index is 243. The van der Waals surface area contributed by atoms with Crippen LogP contribution in [-0.2, 0) is 4.79 Å². The minimum absolute atomic E-state index is 0.0792. The van der Waals surface area contributed by atoms with Gasteiger partial charge in [0.2, 0.25) is 5.91 Å². The number of hydrogen-bond donors (Lipinski definition) is 1. The lowest BCUT2D eigenvalue weighted by Gasteiger charge is -2.22. The molecule has 0 heterocycles. The van der Waals surface area contributed by atoms with Gasteiger partial charge in [-0.1, -0.05) is 0 Å². The van der Waals surface area contributed by atoms with Crippen LogP contribution in [0.25, 0.3) is 0 Å². The van der Waals surface area contributed by atoms with Crippen LogP contribution in [0.1, 0.15) is 44.9 Å². The molecule has 72 valence electrons. The lowest BCUT2D eigenvalue weighted by atomic mass is 9.82. The molecule has 2 heteroatoms. The molecule has 3 aliphatic carbocycles. The fraction of sp³-hybridized carbons (Fsp3) is 0.909. The Balaban J connectivity index is 1.83. The molecule has 0 saturated heterocycles. The molecule has 2 nitrogen and oxygen atoms in total. The highest BCUT2D eigenvalue weighted by Gasteiger charge is 2.66. The third-order valence-electron chi connectivity index (χ3n) is 4.79. The van der Waals surface area contributed by atoms with Gasteiger partial charge in [0.15, 0.2) is 0 Å². The number of carbonyl (C=O) groups is 1. The molecule has 3 rings (SSSR count). The lowest BCUT2D eigenvalue weighted by molar-refractivity contribution is -0.119. The van der Waals surface area contributed by atoms with Crippen LogP contribution >= 0.6 is 0 Å². The van der Waals surface area contributed by atoms with Gasteiger partial charge in [0, 0.05) is 6.42 Å². The maximum Gasteiger partial charge on any atom is 0.217 e. The van der Waals surface area contributed by atoms with E-state index in [1.54, 1.807) is 0 Å². The number of rotatable bonds is 2.